The van der Waals surface area contributed by atoms with E-state index < -0.39 is 0 Å². The van der Waals surface area contributed by atoms with E-state index in [0.29, 0.717) is 18.9 Å². The van der Waals surface area contributed by atoms with E-state index in [1.54, 1.807) is 6.07 Å². The first-order valence-corrected chi connectivity index (χ1v) is 6.98. The molecule has 108 valence electrons. The van der Waals surface area contributed by atoms with Crippen LogP contribution in [0.5, 0.6) is 0 Å². The molecule has 4 heteroatoms. The molecule has 20 heavy (non-hydrogen) atoms. The van der Waals surface area contributed by atoms with E-state index in [0.717, 1.165) is 11.3 Å². The number of aliphatic hydroxyl groups excluding tert-OH is 1. The lowest BCUT2D eigenvalue weighted by atomic mass is 9.95. The van der Waals surface area contributed by atoms with E-state index in [-0.39, 0.29) is 18.3 Å². The van der Waals surface area contributed by atoms with E-state index in [1.807, 2.05) is 23.0 Å². The molecule has 1 N–H and O–H groups in total. The molecule has 0 amide bonds. The first kappa shape index (κ1) is 14.7. The van der Waals surface area contributed by atoms with Gasteiger partial charge in [0.2, 0.25) is 0 Å². The Morgan fingerprint density at radius 1 is 1.25 bits per heavy atom. The molecule has 0 fully saturated rings. The average molecular weight is 276 g/mol. The Hall–Kier alpha value is -1.68. The van der Waals surface area contributed by atoms with Crippen LogP contribution < -0.4 is 0 Å². The number of hydrogen-bond donors (Lipinski definition) is 1. The van der Waals surface area contributed by atoms with Crippen LogP contribution >= 0.6 is 0 Å². The molecular formula is C16H21FN2O. The zero-order valence-electron chi connectivity index (χ0n) is 12.0. The maximum absolute atomic E-state index is 13.2. The maximum Gasteiger partial charge on any atom is 0.123 e. The van der Waals surface area contributed by atoms with Gasteiger partial charge in [0, 0.05) is 18.8 Å². The van der Waals surface area contributed by atoms with Gasteiger partial charge in [0.15, 0.2) is 0 Å². The highest BCUT2D eigenvalue weighted by molar-refractivity contribution is 5.17. The molecule has 1 unspecified atom stereocenters. The van der Waals surface area contributed by atoms with Crippen molar-refractivity contribution in [2.75, 3.05) is 6.61 Å². The Morgan fingerprint density at radius 2 is 2.05 bits per heavy atom. The lowest BCUT2D eigenvalue weighted by molar-refractivity contribution is 0.223. The van der Waals surface area contributed by atoms with Crippen molar-refractivity contribution in [2.24, 2.45) is 5.92 Å². The lowest BCUT2D eigenvalue weighted by Crippen LogP contribution is -2.14. The Balaban J connectivity index is 2.01. The van der Waals surface area contributed by atoms with E-state index in [2.05, 4.69) is 18.9 Å². The summed E-state index contributed by atoms with van der Waals surface area (Å²) in [6.45, 7) is 4.23. The summed E-state index contributed by atoms with van der Waals surface area (Å²) in [6.07, 6.45) is 3.31. The Bertz CT molecular complexity index is 551. The highest BCUT2D eigenvalue weighted by Crippen LogP contribution is 2.15. The van der Waals surface area contributed by atoms with E-state index in [4.69, 9.17) is 0 Å². The largest absolute Gasteiger partial charge is 0.396 e. The highest BCUT2D eigenvalue weighted by Gasteiger charge is 2.12. The van der Waals surface area contributed by atoms with Crippen molar-refractivity contribution < 1.29 is 9.50 Å². The van der Waals surface area contributed by atoms with Crippen molar-refractivity contribution >= 4 is 0 Å². The molecule has 0 saturated heterocycles. The first-order chi connectivity index (χ1) is 9.58. The molecular weight excluding hydrogens is 255 g/mol. The van der Waals surface area contributed by atoms with Crippen molar-refractivity contribution in [1.29, 1.82) is 0 Å². The third-order valence-electron chi connectivity index (χ3n) is 3.36. The molecule has 0 spiro atoms. The molecule has 0 aliphatic heterocycles. The summed E-state index contributed by atoms with van der Waals surface area (Å²) < 4.78 is 15.1. The molecule has 1 atom stereocenters. The molecule has 1 aromatic carbocycles. The Morgan fingerprint density at radius 3 is 2.65 bits per heavy atom. The molecule has 2 rings (SSSR count). The van der Waals surface area contributed by atoms with Crippen molar-refractivity contribution in [3.05, 3.63) is 53.6 Å². The monoisotopic (exact) mass is 276 g/mol. The third kappa shape index (κ3) is 3.90. The number of benzene rings is 1. The second kappa shape index (κ2) is 6.66. The fraction of sp³-hybridized carbons (Fsp3) is 0.438. The van der Waals surface area contributed by atoms with Gasteiger partial charge in [-0.2, -0.15) is 5.10 Å². The number of rotatable bonds is 6. The molecule has 0 aliphatic rings. The summed E-state index contributed by atoms with van der Waals surface area (Å²) in [5.74, 6) is -0.171. The lowest BCUT2D eigenvalue weighted by Gasteiger charge is -2.13. The quantitative estimate of drug-likeness (QED) is 0.880. The average Bonchev–Trinajstić information content (AvgIpc) is 2.87. The van der Waals surface area contributed by atoms with E-state index in [1.165, 1.54) is 12.1 Å². The fourth-order valence-corrected chi connectivity index (χ4v) is 2.27. The molecule has 0 radical (unpaired) electrons. The molecule has 1 heterocycles. The van der Waals surface area contributed by atoms with Crippen molar-refractivity contribution in [3.63, 3.8) is 0 Å². The predicted molar refractivity (Wildman–Crippen MR) is 77.0 cm³/mol. The van der Waals surface area contributed by atoms with Crippen LogP contribution in [-0.2, 0) is 12.8 Å². The molecule has 3 nitrogen and oxygen atoms in total. The van der Waals surface area contributed by atoms with Crippen LogP contribution in [0.4, 0.5) is 4.39 Å². The topological polar surface area (TPSA) is 38.0 Å². The Kier molecular flexibility index (Phi) is 4.90. The van der Waals surface area contributed by atoms with Gasteiger partial charge >= 0.3 is 0 Å². The van der Waals surface area contributed by atoms with Crippen LogP contribution in [0.3, 0.4) is 0 Å². The SMILES string of the molecule is CC(C)n1ccc(CC(CO)Cc2cccc(F)c2)n1. The van der Waals surface area contributed by atoms with Crippen LogP contribution in [0, 0.1) is 11.7 Å². The van der Waals surface area contributed by atoms with Crippen molar-refractivity contribution in [2.45, 2.75) is 32.7 Å². The summed E-state index contributed by atoms with van der Waals surface area (Å²) in [5.41, 5.74) is 1.88. The zero-order chi connectivity index (χ0) is 14.5. The molecule has 2 aromatic rings. The summed E-state index contributed by atoms with van der Waals surface area (Å²) in [4.78, 5) is 0. The van der Waals surface area contributed by atoms with Gasteiger partial charge in [-0.15, -0.1) is 0 Å². The van der Waals surface area contributed by atoms with Gasteiger partial charge in [-0.3, -0.25) is 4.68 Å². The van der Waals surface area contributed by atoms with E-state index >= 15 is 0 Å². The molecule has 0 aliphatic carbocycles. The van der Waals surface area contributed by atoms with Crippen molar-refractivity contribution in [1.82, 2.24) is 9.78 Å². The standard InChI is InChI=1S/C16H21FN2O/c1-12(2)19-7-6-16(18-19)10-14(11-20)8-13-4-3-5-15(17)9-13/h3-7,9,12,14,20H,8,10-11H2,1-2H3. The van der Waals surface area contributed by atoms with Crippen LogP contribution in [0.15, 0.2) is 36.5 Å². The Labute approximate surface area is 119 Å². The summed E-state index contributed by atoms with van der Waals surface area (Å²) in [7, 11) is 0. The van der Waals surface area contributed by atoms with Gasteiger partial charge in [-0.05, 0) is 56.4 Å². The molecule has 1 aromatic heterocycles. The van der Waals surface area contributed by atoms with Gasteiger partial charge < -0.3 is 5.11 Å². The number of aliphatic hydroxyl groups is 1. The predicted octanol–water partition coefficient (Wildman–Crippen LogP) is 3.00. The third-order valence-corrected chi connectivity index (χ3v) is 3.36. The number of aromatic nitrogens is 2. The first-order valence-electron chi connectivity index (χ1n) is 6.98. The van der Waals surface area contributed by atoms with Crippen LogP contribution in [0.1, 0.15) is 31.1 Å². The summed E-state index contributed by atoms with van der Waals surface area (Å²) in [5, 5.41) is 14.0. The van der Waals surface area contributed by atoms with Gasteiger partial charge in [0.05, 0.1) is 5.69 Å². The highest BCUT2D eigenvalue weighted by atomic mass is 19.1. The normalized spacial score (nSPS) is 12.8. The molecule has 0 bridgehead atoms. The summed E-state index contributed by atoms with van der Waals surface area (Å²) >= 11 is 0. The molecule has 0 saturated carbocycles. The van der Waals surface area contributed by atoms with Gasteiger partial charge in [-0.1, -0.05) is 12.1 Å². The maximum atomic E-state index is 13.2. The van der Waals surface area contributed by atoms with Gasteiger partial charge in [-0.25, -0.2) is 4.39 Å². The minimum Gasteiger partial charge on any atom is -0.396 e. The van der Waals surface area contributed by atoms with E-state index in [9.17, 15) is 9.50 Å². The zero-order valence-corrected chi connectivity index (χ0v) is 12.0. The summed E-state index contributed by atoms with van der Waals surface area (Å²) in [6, 6.07) is 8.86. The number of nitrogens with zero attached hydrogens (tertiary/aromatic N) is 2. The second-order valence-corrected chi connectivity index (χ2v) is 5.47. The van der Waals surface area contributed by atoms with Crippen molar-refractivity contribution in [3.8, 4) is 0 Å². The van der Waals surface area contributed by atoms with Crippen LogP contribution in [0.25, 0.3) is 0 Å². The van der Waals surface area contributed by atoms with Crippen LogP contribution in [0.2, 0.25) is 0 Å². The smallest absolute Gasteiger partial charge is 0.123 e. The number of hydrogen-bond acceptors (Lipinski definition) is 2. The minimum absolute atomic E-state index is 0.0623. The van der Waals surface area contributed by atoms with Gasteiger partial charge in [0.25, 0.3) is 0 Å². The number of halogens is 1. The van der Waals surface area contributed by atoms with Crippen LogP contribution in [-0.4, -0.2) is 21.5 Å². The van der Waals surface area contributed by atoms with Gasteiger partial charge in [0.1, 0.15) is 5.82 Å². The second-order valence-electron chi connectivity index (χ2n) is 5.47. The minimum atomic E-state index is -0.233. The fourth-order valence-electron chi connectivity index (χ4n) is 2.27.